The third-order valence-electron chi connectivity index (χ3n) is 3.20. The average Bonchev–Trinajstić information content (AvgIpc) is 2.60. The fourth-order valence-corrected chi connectivity index (χ4v) is 2.50. The van der Waals surface area contributed by atoms with Gasteiger partial charge in [-0.3, -0.25) is 14.9 Å². The molecule has 0 heterocycles. The van der Waals surface area contributed by atoms with Gasteiger partial charge in [0, 0.05) is 5.56 Å². The Hall–Kier alpha value is -3.93. The minimum atomic E-state index is -3.74. The van der Waals surface area contributed by atoms with Crippen LogP contribution in [-0.2, 0) is 10.0 Å². The van der Waals surface area contributed by atoms with E-state index in [0.29, 0.717) is 5.75 Å². The lowest BCUT2D eigenvalue weighted by atomic mass is 10.2. The molecule has 0 saturated heterocycles. The molecule has 2 rings (SSSR count). The highest BCUT2D eigenvalue weighted by Crippen LogP contribution is 2.26. The molecule has 0 bridgehead atoms. The van der Waals surface area contributed by atoms with E-state index in [4.69, 9.17) is 21.9 Å². The Kier molecular flexibility index (Phi) is 6.51. The summed E-state index contributed by atoms with van der Waals surface area (Å²) < 4.78 is 30.9. The van der Waals surface area contributed by atoms with Gasteiger partial charge >= 0.3 is 0 Å². The molecule has 0 aliphatic rings. The van der Waals surface area contributed by atoms with Gasteiger partial charge < -0.3 is 21.9 Å². The molecule has 0 fully saturated rings. The van der Waals surface area contributed by atoms with Crippen LogP contribution in [-0.4, -0.2) is 38.4 Å². The van der Waals surface area contributed by atoms with Gasteiger partial charge in [0.05, 0.1) is 11.8 Å². The Balaban J connectivity index is 2.16. The number of carbonyl (C=O) groups is 2. The van der Waals surface area contributed by atoms with E-state index in [0.717, 1.165) is 6.26 Å². The highest BCUT2D eigenvalue weighted by molar-refractivity contribution is 7.89. The number of ether oxygens (including phenoxy) is 1. The van der Waals surface area contributed by atoms with Crippen molar-refractivity contribution in [3.05, 3.63) is 59.7 Å². The molecule has 2 amide bonds. The molecule has 0 spiro atoms. The zero-order valence-electron chi connectivity index (χ0n) is 15.2. The van der Waals surface area contributed by atoms with Gasteiger partial charge in [0.25, 0.3) is 21.8 Å². The first-order chi connectivity index (χ1) is 13.5. The highest BCUT2D eigenvalue weighted by Gasteiger charge is 2.13. The minimum Gasteiger partial charge on any atom is -0.457 e. The van der Waals surface area contributed by atoms with Crippen molar-refractivity contribution in [3.63, 3.8) is 0 Å². The number of para-hydroxylation sites is 1. The topological polar surface area (TPSA) is 192 Å². The van der Waals surface area contributed by atoms with Crippen LogP contribution in [0.3, 0.4) is 0 Å². The van der Waals surface area contributed by atoms with Crippen molar-refractivity contribution in [2.75, 3.05) is 6.26 Å². The second-order valence-electron chi connectivity index (χ2n) is 5.63. The summed E-state index contributed by atoms with van der Waals surface area (Å²) >= 11 is 0. The predicted molar refractivity (Wildman–Crippen MR) is 107 cm³/mol. The van der Waals surface area contributed by atoms with Gasteiger partial charge in [-0.05, 0) is 36.4 Å². The largest absolute Gasteiger partial charge is 0.457 e. The molecule has 0 atom stereocenters. The van der Waals surface area contributed by atoms with Gasteiger partial charge in [-0.15, -0.1) is 4.40 Å². The van der Waals surface area contributed by atoms with Crippen molar-refractivity contribution in [1.29, 1.82) is 0 Å². The van der Waals surface area contributed by atoms with Crippen molar-refractivity contribution in [2.45, 2.75) is 0 Å². The quantitative estimate of drug-likeness (QED) is 0.382. The minimum absolute atomic E-state index is 0.146. The molecule has 0 aliphatic carbocycles. The number of sulfonamides is 1. The molecule has 0 radical (unpaired) electrons. The van der Waals surface area contributed by atoms with E-state index in [1.807, 2.05) is 0 Å². The second-order valence-corrected chi connectivity index (χ2v) is 7.28. The summed E-state index contributed by atoms with van der Waals surface area (Å²) in [6, 6.07) is 12.1. The standard InChI is InChI=1S/C17H18N6O5S/c1-29(26,27)23-17(20)22-14(24)10-6-8-11(9-7-10)28-13-5-3-2-4-12(13)15(25)21-16(18)19/h2-9H,1H3,(H4,18,19,21,25)(H3,20,22,23,24). The Morgan fingerprint density at radius 1 is 1.00 bits per heavy atom. The Morgan fingerprint density at radius 3 is 2.21 bits per heavy atom. The number of amides is 2. The van der Waals surface area contributed by atoms with E-state index in [1.165, 1.54) is 30.3 Å². The molecule has 152 valence electrons. The van der Waals surface area contributed by atoms with E-state index in [1.54, 1.807) is 18.2 Å². The summed E-state index contributed by atoms with van der Waals surface area (Å²) in [4.78, 5) is 27.6. The van der Waals surface area contributed by atoms with Crippen LogP contribution in [0.1, 0.15) is 20.7 Å². The summed E-state index contributed by atoms with van der Waals surface area (Å²) in [6.45, 7) is 0. The van der Waals surface area contributed by atoms with Crippen LogP contribution in [0.5, 0.6) is 11.5 Å². The zero-order chi connectivity index (χ0) is 21.6. The molecule has 29 heavy (non-hydrogen) atoms. The number of carbonyl (C=O) groups excluding carboxylic acids is 2. The highest BCUT2D eigenvalue weighted by atomic mass is 32.2. The summed E-state index contributed by atoms with van der Waals surface area (Å²) in [5, 5.41) is 2.15. The number of rotatable bonds is 5. The first kappa shape index (κ1) is 21.4. The monoisotopic (exact) mass is 418 g/mol. The lowest BCUT2D eigenvalue weighted by Gasteiger charge is -2.10. The first-order valence-corrected chi connectivity index (χ1v) is 9.77. The summed E-state index contributed by atoms with van der Waals surface area (Å²) in [7, 11) is -3.74. The fraction of sp³-hybridized carbons (Fsp3) is 0.0588. The van der Waals surface area contributed by atoms with Crippen LogP contribution in [0.25, 0.3) is 0 Å². The fourth-order valence-electron chi connectivity index (χ4n) is 2.10. The second kappa shape index (κ2) is 8.84. The summed E-state index contributed by atoms with van der Waals surface area (Å²) in [5.74, 6) is -1.72. The van der Waals surface area contributed by atoms with Gasteiger partial charge in [-0.25, -0.2) is 8.42 Å². The Labute approximate surface area is 166 Å². The van der Waals surface area contributed by atoms with E-state index in [-0.39, 0.29) is 22.8 Å². The number of hydrogen-bond acceptors (Lipinski definition) is 5. The first-order valence-electron chi connectivity index (χ1n) is 7.93. The van der Waals surface area contributed by atoms with Crippen molar-refractivity contribution < 1.29 is 22.7 Å². The maximum atomic E-state index is 12.1. The molecule has 0 saturated carbocycles. The molecule has 0 unspecified atom stereocenters. The van der Waals surface area contributed by atoms with E-state index in [9.17, 15) is 18.0 Å². The van der Waals surface area contributed by atoms with Crippen molar-refractivity contribution >= 4 is 33.8 Å². The molecule has 2 aromatic rings. The normalized spacial score (nSPS) is 11.4. The molecule has 0 aliphatic heterocycles. The molecular formula is C17H18N6O5S. The van der Waals surface area contributed by atoms with Crippen LogP contribution in [0.15, 0.2) is 57.9 Å². The molecule has 7 N–H and O–H groups in total. The number of benzene rings is 2. The molecule has 12 heteroatoms. The van der Waals surface area contributed by atoms with Crippen molar-refractivity contribution in [3.8, 4) is 11.5 Å². The number of hydrogen-bond donors (Lipinski definition) is 4. The van der Waals surface area contributed by atoms with Gasteiger partial charge in [0.15, 0.2) is 5.96 Å². The van der Waals surface area contributed by atoms with Crippen molar-refractivity contribution in [1.82, 2.24) is 5.32 Å². The SMILES string of the molecule is CS(=O)(=O)/N=C(\N)NC(=O)c1ccc(Oc2ccccc2C(=O)N=C(N)N)cc1. The lowest BCUT2D eigenvalue weighted by molar-refractivity contribution is 0.0974. The Morgan fingerprint density at radius 2 is 1.62 bits per heavy atom. The number of nitrogens with one attached hydrogen (secondary N) is 1. The van der Waals surface area contributed by atoms with E-state index < -0.39 is 27.8 Å². The third-order valence-corrected chi connectivity index (χ3v) is 3.73. The van der Waals surface area contributed by atoms with Gasteiger partial charge in [0.2, 0.25) is 5.96 Å². The Bertz CT molecular complexity index is 1090. The van der Waals surface area contributed by atoms with Crippen LogP contribution in [0.4, 0.5) is 0 Å². The van der Waals surface area contributed by atoms with Crippen molar-refractivity contribution in [2.24, 2.45) is 26.6 Å². The van der Waals surface area contributed by atoms with E-state index in [2.05, 4.69) is 14.7 Å². The lowest BCUT2D eigenvalue weighted by Crippen LogP contribution is -2.37. The zero-order valence-corrected chi connectivity index (χ0v) is 16.0. The van der Waals surface area contributed by atoms with Gasteiger partial charge in [-0.2, -0.15) is 4.99 Å². The smallest absolute Gasteiger partial charge is 0.283 e. The maximum Gasteiger partial charge on any atom is 0.283 e. The van der Waals surface area contributed by atoms with Crippen LogP contribution in [0.2, 0.25) is 0 Å². The number of guanidine groups is 2. The maximum absolute atomic E-state index is 12.1. The number of nitrogens with two attached hydrogens (primary N) is 3. The van der Waals surface area contributed by atoms with Gasteiger partial charge in [0.1, 0.15) is 11.5 Å². The van der Waals surface area contributed by atoms with Crippen LogP contribution < -0.4 is 27.3 Å². The van der Waals surface area contributed by atoms with Crippen LogP contribution in [0, 0.1) is 0 Å². The van der Waals surface area contributed by atoms with Crippen LogP contribution >= 0.6 is 0 Å². The molecule has 0 aromatic heterocycles. The average molecular weight is 418 g/mol. The summed E-state index contributed by atoms with van der Waals surface area (Å²) in [5.41, 5.74) is 16.1. The predicted octanol–water partition coefficient (Wildman–Crippen LogP) is -0.103. The number of nitrogens with zero attached hydrogens (tertiary/aromatic N) is 2. The molecular weight excluding hydrogens is 400 g/mol. The third kappa shape index (κ3) is 6.62. The summed E-state index contributed by atoms with van der Waals surface area (Å²) in [6.07, 6.45) is 0.841. The van der Waals surface area contributed by atoms with E-state index >= 15 is 0 Å². The molecule has 11 nitrogen and oxygen atoms in total. The number of aliphatic imine (C=N–C) groups is 1. The van der Waals surface area contributed by atoms with Gasteiger partial charge in [-0.1, -0.05) is 12.1 Å². The molecule has 2 aromatic carbocycles.